The topological polar surface area (TPSA) is 116 Å². The summed E-state index contributed by atoms with van der Waals surface area (Å²) in [5.74, 6) is 0.319. The summed E-state index contributed by atoms with van der Waals surface area (Å²) < 4.78 is 0. The van der Waals surface area contributed by atoms with Gasteiger partial charge in [-0.2, -0.15) is 4.98 Å². The summed E-state index contributed by atoms with van der Waals surface area (Å²) in [5, 5.41) is 9.34. The lowest BCUT2D eigenvalue weighted by Gasteiger charge is -2.13. The SMILES string of the molecule is Cc1ccc(Nc2cc(C)nc(Nc3ccc(NC(=O)CCCN4C(=O)c5ccccc5C4=O)cc3)n2)cc1. The number of nitrogens with one attached hydrogen (secondary N) is 3. The van der Waals surface area contributed by atoms with E-state index in [1.807, 2.05) is 56.3 Å². The number of hydrogen-bond acceptors (Lipinski definition) is 7. The molecule has 5 rings (SSSR count). The van der Waals surface area contributed by atoms with Gasteiger partial charge < -0.3 is 16.0 Å². The van der Waals surface area contributed by atoms with Crippen molar-refractivity contribution < 1.29 is 14.4 Å². The summed E-state index contributed by atoms with van der Waals surface area (Å²) >= 11 is 0. The lowest BCUT2D eigenvalue weighted by Crippen LogP contribution is -2.31. The van der Waals surface area contributed by atoms with Crippen molar-refractivity contribution in [2.45, 2.75) is 26.7 Å². The van der Waals surface area contributed by atoms with Gasteiger partial charge >= 0.3 is 0 Å². The number of benzene rings is 3. The lowest BCUT2D eigenvalue weighted by atomic mass is 10.1. The summed E-state index contributed by atoms with van der Waals surface area (Å²) in [6, 6.07) is 23.9. The number of carbonyl (C=O) groups excluding carboxylic acids is 3. The Hall–Kier alpha value is -5.05. The predicted octanol–water partition coefficient (Wildman–Crippen LogP) is 5.60. The van der Waals surface area contributed by atoms with Gasteiger partial charge in [-0.25, -0.2) is 4.98 Å². The lowest BCUT2D eigenvalue weighted by molar-refractivity contribution is -0.116. The van der Waals surface area contributed by atoms with Crippen LogP contribution in [-0.4, -0.2) is 39.1 Å². The van der Waals surface area contributed by atoms with E-state index in [-0.39, 0.29) is 30.7 Å². The van der Waals surface area contributed by atoms with Crippen LogP contribution in [0.3, 0.4) is 0 Å². The number of rotatable bonds is 9. The van der Waals surface area contributed by atoms with E-state index < -0.39 is 0 Å². The van der Waals surface area contributed by atoms with Gasteiger partial charge in [0.1, 0.15) is 5.82 Å². The molecule has 9 nitrogen and oxygen atoms in total. The summed E-state index contributed by atoms with van der Waals surface area (Å²) in [4.78, 5) is 47.6. The summed E-state index contributed by atoms with van der Waals surface area (Å²) in [7, 11) is 0. The third-order valence-electron chi connectivity index (χ3n) is 6.27. The first kappa shape index (κ1) is 25.6. The Morgan fingerprint density at radius 3 is 2.03 bits per heavy atom. The van der Waals surface area contributed by atoms with Crippen molar-refractivity contribution in [2.24, 2.45) is 0 Å². The van der Waals surface area contributed by atoms with E-state index in [4.69, 9.17) is 0 Å². The molecule has 2 heterocycles. The quantitative estimate of drug-likeness (QED) is 0.246. The summed E-state index contributed by atoms with van der Waals surface area (Å²) in [6.45, 7) is 4.14. The molecule has 9 heteroatoms. The Morgan fingerprint density at radius 1 is 0.769 bits per heavy atom. The highest BCUT2D eigenvalue weighted by atomic mass is 16.2. The van der Waals surface area contributed by atoms with Gasteiger partial charge in [-0.05, 0) is 68.8 Å². The van der Waals surface area contributed by atoms with Crippen LogP contribution in [-0.2, 0) is 4.79 Å². The standard InChI is InChI=1S/C30H28N6O3/c1-19-9-11-21(12-10-19)32-26-18-20(2)31-30(35-26)34-23-15-13-22(14-16-23)33-27(37)8-5-17-36-28(38)24-6-3-4-7-25(24)29(36)39/h3-4,6-7,9-16,18H,5,8,17H2,1-2H3,(H,33,37)(H2,31,32,34,35). The number of aryl methyl sites for hydroxylation is 2. The van der Waals surface area contributed by atoms with Crippen molar-refractivity contribution in [3.8, 4) is 0 Å². The van der Waals surface area contributed by atoms with Crippen LogP contribution in [0, 0.1) is 13.8 Å². The zero-order valence-corrected chi connectivity index (χ0v) is 21.7. The van der Waals surface area contributed by atoms with Crippen molar-refractivity contribution >= 4 is 46.5 Å². The average molecular weight is 521 g/mol. The number of amides is 3. The van der Waals surface area contributed by atoms with Crippen LogP contribution in [0.15, 0.2) is 78.9 Å². The molecular weight excluding hydrogens is 492 g/mol. The minimum absolute atomic E-state index is 0.182. The van der Waals surface area contributed by atoms with Crippen LogP contribution in [0.1, 0.15) is 44.8 Å². The number of aromatic nitrogens is 2. The van der Waals surface area contributed by atoms with Gasteiger partial charge in [-0.1, -0.05) is 29.8 Å². The molecule has 4 aromatic rings. The van der Waals surface area contributed by atoms with Gasteiger partial charge in [0.25, 0.3) is 11.8 Å². The van der Waals surface area contributed by atoms with Crippen molar-refractivity contribution in [1.82, 2.24) is 14.9 Å². The molecular formula is C30H28N6O3. The largest absolute Gasteiger partial charge is 0.340 e. The Kier molecular flexibility index (Phi) is 7.31. The van der Waals surface area contributed by atoms with Gasteiger partial charge in [0.05, 0.1) is 11.1 Å². The molecule has 3 amide bonds. The molecule has 0 radical (unpaired) electrons. The van der Waals surface area contributed by atoms with Gasteiger partial charge in [0.2, 0.25) is 11.9 Å². The molecule has 1 aromatic heterocycles. The second kappa shape index (κ2) is 11.1. The number of carbonyl (C=O) groups is 3. The maximum absolute atomic E-state index is 12.5. The highest BCUT2D eigenvalue weighted by molar-refractivity contribution is 6.21. The fourth-order valence-corrected chi connectivity index (χ4v) is 4.30. The number of hydrogen-bond donors (Lipinski definition) is 3. The van der Waals surface area contributed by atoms with Crippen molar-refractivity contribution in [2.75, 3.05) is 22.5 Å². The van der Waals surface area contributed by atoms with Crippen LogP contribution in [0.25, 0.3) is 0 Å². The monoisotopic (exact) mass is 520 g/mol. The summed E-state index contributed by atoms with van der Waals surface area (Å²) in [5.41, 5.74) is 5.16. The van der Waals surface area contributed by atoms with E-state index in [0.29, 0.717) is 35.0 Å². The van der Waals surface area contributed by atoms with Crippen LogP contribution < -0.4 is 16.0 Å². The van der Waals surface area contributed by atoms with E-state index >= 15 is 0 Å². The molecule has 0 saturated heterocycles. The van der Waals surface area contributed by atoms with Crippen LogP contribution >= 0.6 is 0 Å². The first-order chi connectivity index (χ1) is 18.9. The molecule has 0 spiro atoms. The first-order valence-electron chi connectivity index (χ1n) is 12.7. The van der Waals surface area contributed by atoms with Gasteiger partial charge in [-0.15, -0.1) is 0 Å². The molecule has 0 aliphatic carbocycles. The Bertz CT molecular complexity index is 1500. The van der Waals surface area contributed by atoms with E-state index in [9.17, 15) is 14.4 Å². The van der Waals surface area contributed by atoms with Crippen molar-refractivity contribution in [3.05, 3.63) is 101 Å². The second-order valence-electron chi connectivity index (χ2n) is 9.37. The maximum Gasteiger partial charge on any atom is 0.261 e. The van der Waals surface area contributed by atoms with Gasteiger partial charge in [-0.3, -0.25) is 19.3 Å². The van der Waals surface area contributed by atoms with Crippen LogP contribution in [0.5, 0.6) is 0 Å². The smallest absolute Gasteiger partial charge is 0.261 e. The fraction of sp³-hybridized carbons (Fsp3) is 0.167. The number of imide groups is 1. The molecule has 1 aliphatic rings. The van der Waals surface area contributed by atoms with E-state index in [0.717, 1.165) is 17.1 Å². The van der Waals surface area contributed by atoms with Gasteiger partial charge in [0, 0.05) is 41.8 Å². The normalized spacial score (nSPS) is 12.3. The van der Waals surface area contributed by atoms with Crippen molar-refractivity contribution in [1.29, 1.82) is 0 Å². The van der Waals surface area contributed by atoms with Crippen LogP contribution in [0.2, 0.25) is 0 Å². The molecule has 0 atom stereocenters. The Morgan fingerprint density at radius 2 is 1.36 bits per heavy atom. The van der Waals surface area contributed by atoms with E-state index in [2.05, 4.69) is 25.9 Å². The fourth-order valence-electron chi connectivity index (χ4n) is 4.30. The number of fused-ring (bicyclic) bond motifs is 1. The number of nitrogens with zero attached hydrogens (tertiary/aromatic N) is 3. The van der Waals surface area contributed by atoms with Gasteiger partial charge in [0.15, 0.2) is 0 Å². The predicted molar refractivity (Wildman–Crippen MR) is 151 cm³/mol. The zero-order valence-electron chi connectivity index (χ0n) is 21.7. The number of anilines is 5. The van der Waals surface area contributed by atoms with Crippen molar-refractivity contribution in [3.63, 3.8) is 0 Å². The maximum atomic E-state index is 12.5. The molecule has 3 aromatic carbocycles. The molecule has 39 heavy (non-hydrogen) atoms. The van der Waals surface area contributed by atoms with Crippen LogP contribution in [0.4, 0.5) is 28.8 Å². The summed E-state index contributed by atoms with van der Waals surface area (Å²) in [6.07, 6.45) is 0.557. The average Bonchev–Trinajstić information content (AvgIpc) is 3.16. The molecule has 0 bridgehead atoms. The third-order valence-corrected chi connectivity index (χ3v) is 6.27. The Labute approximate surface area is 226 Å². The minimum Gasteiger partial charge on any atom is -0.340 e. The zero-order chi connectivity index (χ0) is 27.4. The highest BCUT2D eigenvalue weighted by Crippen LogP contribution is 2.23. The molecule has 0 fully saturated rings. The second-order valence-corrected chi connectivity index (χ2v) is 9.37. The first-order valence-corrected chi connectivity index (χ1v) is 12.7. The molecule has 196 valence electrons. The van der Waals surface area contributed by atoms with E-state index in [1.54, 1.807) is 36.4 Å². The molecule has 0 saturated carbocycles. The van der Waals surface area contributed by atoms with E-state index in [1.165, 1.54) is 10.5 Å². The highest BCUT2D eigenvalue weighted by Gasteiger charge is 2.34. The molecule has 3 N–H and O–H groups in total. The molecule has 1 aliphatic heterocycles. The Balaban J connectivity index is 1.12. The third kappa shape index (κ3) is 6.10. The molecule has 0 unspecified atom stereocenters. The minimum atomic E-state index is -0.310.